The number of nitrogens with zero attached hydrogens (tertiary/aromatic N) is 1. The van der Waals surface area contributed by atoms with Gasteiger partial charge in [-0.1, -0.05) is 90.4 Å². The van der Waals surface area contributed by atoms with Crippen LogP contribution in [0.1, 0.15) is 110 Å². The van der Waals surface area contributed by atoms with Crippen molar-refractivity contribution >= 4 is 0 Å². The van der Waals surface area contributed by atoms with Crippen molar-refractivity contribution in [2.75, 3.05) is 0 Å². The fraction of sp³-hybridized carbons (Fsp3) is 0.947. The number of rotatable bonds is 11. The van der Waals surface area contributed by atoms with Gasteiger partial charge in [0.05, 0.1) is 11.5 Å². The Bertz CT molecular complexity index is 257. The molecule has 0 aromatic rings. The molecular formula is C19H35N. The summed E-state index contributed by atoms with van der Waals surface area (Å²) < 4.78 is 0. The average molecular weight is 277 g/mol. The predicted octanol–water partition coefficient (Wildman–Crippen LogP) is 6.77. The lowest BCUT2D eigenvalue weighted by molar-refractivity contribution is 0.241. The van der Waals surface area contributed by atoms with E-state index in [0.29, 0.717) is 0 Å². The van der Waals surface area contributed by atoms with E-state index in [1.165, 1.54) is 103 Å². The van der Waals surface area contributed by atoms with Crippen LogP contribution in [0.5, 0.6) is 0 Å². The number of nitriles is 1. The lowest BCUT2D eigenvalue weighted by Gasteiger charge is -2.30. The molecule has 0 aromatic carbocycles. The second kappa shape index (κ2) is 11.2. The number of hydrogen-bond donors (Lipinski definition) is 0. The molecule has 0 unspecified atom stereocenters. The van der Waals surface area contributed by atoms with Gasteiger partial charge in [-0.05, 0) is 19.3 Å². The van der Waals surface area contributed by atoms with Crippen LogP contribution in [0.2, 0.25) is 0 Å². The largest absolute Gasteiger partial charge is 0.198 e. The Balaban J connectivity index is 1.92. The Morgan fingerprint density at radius 3 is 1.75 bits per heavy atom. The summed E-state index contributed by atoms with van der Waals surface area (Å²) in [5, 5.41) is 9.44. The van der Waals surface area contributed by atoms with E-state index in [1.807, 2.05) is 0 Å². The Labute approximate surface area is 127 Å². The molecule has 1 nitrogen and oxygen atoms in total. The SMILES string of the molecule is CCCCCCCCCCCCC1(C#N)CCCCC1. The van der Waals surface area contributed by atoms with Crippen LogP contribution in [0, 0.1) is 16.7 Å². The van der Waals surface area contributed by atoms with Gasteiger partial charge < -0.3 is 0 Å². The summed E-state index contributed by atoms with van der Waals surface area (Å²) in [6.07, 6.45) is 21.3. The summed E-state index contributed by atoms with van der Waals surface area (Å²) in [6.45, 7) is 2.28. The molecule has 1 rings (SSSR count). The van der Waals surface area contributed by atoms with Crippen LogP contribution in [0.4, 0.5) is 0 Å². The van der Waals surface area contributed by atoms with Crippen molar-refractivity contribution in [3.8, 4) is 6.07 Å². The van der Waals surface area contributed by atoms with Crippen molar-refractivity contribution < 1.29 is 0 Å². The Hall–Kier alpha value is -0.510. The maximum absolute atomic E-state index is 9.44. The summed E-state index contributed by atoms with van der Waals surface area (Å²) in [7, 11) is 0. The Morgan fingerprint density at radius 1 is 0.750 bits per heavy atom. The summed E-state index contributed by atoms with van der Waals surface area (Å²) in [4.78, 5) is 0. The fourth-order valence-electron chi connectivity index (χ4n) is 3.60. The van der Waals surface area contributed by atoms with E-state index in [1.54, 1.807) is 0 Å². The molecule has 0 atom stereocenters. The topological polar surface area (TPSA) is 23.8 Å². The van der Waals surface area contributed by atoms with E-state index in [2.05, 4.69) is 13.0 Å². The third-order valence-corrected chi connectivity index (χ3v) is 5.06. The highest BCUT2D eigenvalue weighted by molar-refractivity contribution is 5.00. The van der Waals surface area contributed by atoms with Gasteiger partial charge in [-0.2, -0.15) is 5.26 Å². The highest BCUT2D eigenvalue weighted by Gasteiger charge is 2.30. The summed E-state index contributed by atoms with van der Waals surface area (Å²) in [5.41, 5.74) is 0.0679. The van der Waals surface area contributed by atoms with Crippen molar-refractivity contribution in [3.05, 3.63) is 0 Å². The van der Waals surface area contributed by atoms with Gasteiger partial charge in [0.25, 0.3) is 0 Å². The van der Waals surface area contributed by atoms with Crippen LogP contribution in [0.25, 0.3) is 0 Å². The Morgan fingerprint density at radius 2 is 1.25 bits per heavy atom. The monoisotopic (exact) mass is 277 g/mol. The van der Waals surface area contributed by atoms with Crippen molar-refractivity contribution in [1.82, 2.24) is 0 Å². The average Bonchev–Trinajstić information content (AvgIpc) is 2.50. The first kappa shape index (κ1) is 17.5. The van der Waals surface area contributed by atoms with Gasteiger partial charge in [0.2, 0.25) is 0 Å². The molecule has 0 N–H and O–H groups in total. The molecule has 0 saturated heterocycles. The van der Waals surface area contributed by atoms with Crippen LogP contribution in [-0.4, -0.2) is 0 Å². The van der Waals surface area contributed by atoms with Crippen molar-refractivity contribution in [2.45, 2.75) is 110 Å². The van der Waals surface area contributed by atoms with E-state index in [4.69, 9.17) is 0 Å². The molecule has 0 amide bonds. The van der Waals surface area contributed by atoms with E-state index < -0.39 is 0 Å². The van der Waals surface area contributed by atoms with Gasteiger partial charge in [-0.3, -0.25) is 0 Å². The Kier molecular flexibility index (Phi) is 9.81. The maximum atomic E-state index is 9.44. The zero-order valence-corrected chi connectivity index (χ0v) is 13.8. The first-order valence-electron chi connectivity index (χ1n) is 9.24. The molecular weight excluding hydrogens is 242 g/mol. The van der Waals surface area contributed by atoms with E-state index in [9.17, 15) is 5.26 Å². The van der Waals surface area contributed by atoms with E-state index in [-0.39, 0.29) is 5.41 Å². The predicted molar refractivity (Wildman–Crippen MR) is 87.6 cm³/mol. The molecule has 20 heavy (non-hydrogen) atoms. The smallest absolute Gasteiger partial charge is 0.0689 e. The molecule has 0 bridgehead atoms. The normalized spacial score (nSPS) is 17.8. The maximum Gasteiger partial charge on any atom is 0.0689 e. The number of hydrogen-bond acceptors (Lipinski definition) is 1. The first-order valence-corrected chi connectivity index (χ1v) is 9.24. The van der Waals surface area contributed by atoms with Crippen molar-refractivity contribution in [3.63, 3.8) is 0 Å². The van der Waals surface area contributed by atoms with Crippen LogP contribution in [0.3, 0.4) is 0 Å². The standard InChI is InChI=1S/C19H35N/c1-2-3-4-5-6-7-8-9-10-12-15-19(18-20)16-13-11-14-17-19/h2-17H2,1H3. The summed E-state index contributed by atoms with van der Waals surface area (Å²) >= 11 is 0. The zero-order valence-electron chi connectivity index (χ0n) is 13.8. The molecule has 0 aromatic heterocycles. The minimum absolute atomic E-state index is 0.0679. The highest BCUT2D eigenvalue weighted by Crippen LogP contribution is 2.40. The second-order valence-electron chi connectivity index (χ2n) is 6.88. The first-order chi connectivity index (χ1) is 9.83. The van der Waals surface area contributed by atoms with Crippen LogP contribution in [-0.2, 0) is 0 Å². The van der Waals surface area contributed by atoms with Gasteiger partial charge in [0, 0.05) is 0 Å². The summed E-state index contributed by atoms with van der Waals surface area (Å²) in [5.74, 6) is 0. The lowest BCUT2D eigenvalue weighted by Crippen LogP contribution is -2.21. The number of unbranched alkanes of at least 4 members (excludes halogenated alkanes) is 9. The van der Waals surface area contributed by atoms with Gasteiger partial charge >= 0.3 is 0 Å². The van der Waals surface area contributed by atoms with E-state index in [0.717, 1.165) is 0 Å². The van der Waals surface area contributed by atoms with E-state index >= 15 is 0 Å². The minimum Gasteiger partial charge on any atom is -0.198 e. The fourth-order valence-corrected chi connectivity index (χ4v) is 3.60. The molecule has 0 aliphatic heterocycles. The quantitative estimate of drug-likeness (QED) is 0.382. The van der Waals surface area contributed by atoms with Crippen LogP contribution >= 0.6 is 0 Å². The molecule has 0 heterocycles. The van der Waals surface area contributed by atoms with Crippen molar-refractivity contribution in [2.24, 2.45) is 5.41 Å². The molecule has 1 saturated carbocycles. The molecule has 116 valence electrons. The molecule has 1 aliphatic rings. The molecule has 1 heteroatoms. The van der Waals surface area contributed by atoms with Gasteiger partial charge in [0.1, 0.15) is 0 Å². The minimum atomic E-state index is 0.0679. The molecule has 1 aliphatic carbocycles. The van der Waals surface area contributed by atoms with Crippen LogP contribution < -0.4 is 0 Å². The van der Waals surface area contributed by atoms with Gasteiger partial charge in [-0.25, -0.2) is 0 Å². The third-order valence-electron chi connectivity index (χ3n) is 5.06. The third kappa shape index (κ3) is 7.32. The molecule has 1 fully saturated rings. The van der Waals surface area contributed by atoms with Gasteiger partial charge in [0.15, 0.2) is 0 Å². The molecule has 0 radical (unpaired) electrons. The van der Waals surface area contributed by atoms with Crippen LogP contribution in [0.15, 0.2) is 0 Å². The van der Waals surface area contributed by atoms with Gasteiger partial charge in [-0.15, -0.1) is 0 Å². The molecule has 0 spiro atoms. The second-order valence-corrected chi connectivity index (χ2v) is 6.88. The summed E-state index contributed by atoms with van der Waals surface area (Å²) in [6, 6.07) is 2.65. The highest BCUT2D eigenvalue weighted by atomic mass is 14.4. The zero-order chi connectivity index (χ0) is 14.5. The lowest BCUT2D eigenvalue weighted by atomic mass is 9.72. The van der Waals surface area contributed by atoms with Crippen molar-refractivity contribution in [1.29, 1.82) is 5.26 Å².